The number of hydrogen-bond donors (Lipinski definition) is 5. The standard InChI is InChI=1S/C18H30N2O9/c1-3-12(8-11(2)17(26)27)16(25)19-7-5-4-6-13(18(28)29)20(9-14(21)22)10-15(23)24/h11-13H,3-10H2,1-2H3,(H,19,25)(H,21,22)(H,23,24)(H,26,27)(H,28,29)/t11?,12?,13-/m0/s1. The Bertz CT molecular complexity index is 578. The molecule has 166 valence electrons. The van der Waals surface area contributed by atoms with Crippen LogP contribution in [-0.2, 0) is 24.0 Å². The van der Waals surface area contributed by atoms with E-state index in [4.69, 9.17) is 15.3 Å². The molecule has 5 N–H and O–H groups in total. The van der Waals surface area contributed by atoms with Crippen LogP contribution in [0.15, 0.2) is 0 Å². The molecule has 1 amide bonds. The molecule has 11 nitrogen and oxygen atoms in total. The van der Waals surface area contributed by atoms with Crippen LogP contribution in [0.3, 0.4) is 0 Å². The van der Waals surface area contributed by atoms with Crippen molar-refractivity contribution < 1.29 is 44.4 Å². The Balaban J connectivity index is 4.56. The van der Waals surface area contributed by atoms with E-state index in [1.165, 1.54) is 6.92 Å². The van der Waals surface area contributed by atoms with Crippen molar-refractivity contribution in [2.75, 3.05) is 19.6 Å². The van der Waals surface area contributed by atoms with E-state index >= 15 is 0 Å². The Morgan fingerprint density at radius 2 is 1.45 bits per heavy atom. The highest BCUT2D eigenvalue weighted by Gasteiger charge is 2.28. The van der Waals surface area contributed by atoms with Gasteiger partial charge in [0.2, 0.25) is 5.91 Å². The molecule has 11 heteroatoms. The van der Waals surface area contributed by atoms with Crippen molar-refractivity contribution in [3.63, 3.8) is 0 Å². The molecule has 0 aromatic heterocycles. The molecular formula is C18H30N2O9. The van der Waals surface area contributed by atoms with E-state index in [2.05, 4.69) is 5.32 Å². The van der Waals surface area contributed by atoms with Gasteiger partial charge < -0.3 is 25.7 Å². The van der Waals surface area contributed by atoms with Crippen LogP contribution in [0.4, 0.5) is 0 Å². The van der Waals surface area contributed by atoms with Crippen molar-refractivity contribution in [2.45, 2.75) is 52.0 Å². The van der Waals surface area contributed by atoms with Gasteiger partial charge >= 0.3 is 23.9 Å². The Hall–Kier alpha value is -2.69. The summed E-state index contributed by atoms with van der Waals surface area (Å²) < 4.78 is 0. The molecule has 0 aliphatic rings. The summed E-state index contributed by atoms with van der Waals surface area (Å²) in [4.78, 5) is 57.1. The summed E-state index contributed by atoms with van der Waals surface area (Å²) in [5, 5.41) is 38.7. The van der Waals surface area contributed by atoms with Gasteiger partial charge in [0.25, 0.3) is 0 Å². The van der Waals surface area contributed by atoms with Crippen LogP contribution in [0.5, 0.6) is 0 Å². The summed E-state index contributed by atoms with van der Waals surface area (Å²) in [5.74, 6) is -6.29. The molecule has 0 aromatic rings. The van der Waals surface area contributed by atoms with Crippen LogP contribution in [-0.4, -0.2) is 80.8 Å². The molecule has 0 saturated heterocycles. The van der Waals surface area contributed by atoms with Crippen molar-refractivity contribution in [3.8, 4) is 0 Å². The smallest absolute Gasteiger partial charge is 0.320 e. The predicted molar refractivity (Wildman–Crippen MR) is 100 cm³/mol. The Morgan fingerprint density at radius 1 is 0.897 bits per heavy atom. The van der Waals surface area contributed by atoms with E-state index in [0.29, 0.717) is 19.3 Å². The summed E-state index contributed by atoms with van der Waals surface area (Å²) in [5.41, 5.74) is 0. The van der Waals surface area contributed by atoms with Gasteiger partial charge in [0, 0.05) is 12.5 Å². The fourth-order valence-corrected chi connectivity index (χ4v) is 2.89. The molecule has 0 aliphatic carbocycles. The number of carbonyl (C=O) groups is 5. The SMILES string of the molecule is CCC(CC(C)C(=O)O)C(=O)NCCCC[C@@H](C(=O)O)N(CC(=O)O)CC(=O)O. The van der Waals surface area contributed by atoms with Gasteiger partial charge in [-0.25, -0.2) is 0 Å². The molecule has 29 heavy (non-hydrogen) atoms. The van der Waals surface area contributed by atoms with Crippen LogP contribution in [0, 0.1) is 11.8 Å². The minimum atomic E-state index is -1.33. The number of amides is 1. The van der Waals surface area contributed by atoms with Gasteiger partial charge in [-0.15, -0.1) is 0 Å². The first-order valence-electron chi connectivity index (χ1n) is 9.40. The fraction of sp³-hybridized carbons (Fsp3) is 0.722. The third-order valence-corrected chi connectivity index (χ3v) is 4.53. The molecule has 2 unspecified atom stereocenters. The van der Waals surface area contributed by atoms with Crippen LogP contribution < -0.4 is 5.32 Å². The molecule has 3 atom stereocenters. The fourth-order valence-electron chi connectivity index (χ4n) is 2.89. The molecule has 0 fully saturated rings. The molecule has 0 saturated carbocycles. The number of carbonyl (C=O) groups excluding carboxylic acids is 1. The highest BCUT2D eigenvalue weighted by atomic mass is 16.4. The molecule has 0 bridgehead atoms. The van der Waals surface area contributed by atoms with Gasteiger partial charge in [0.05, 0.1) is 19.0 Å². The summed E-state index contributed by atoms with van der Waals surface area (Å²) in [6.07, 6.45) is 1.48. The molecule has 0 aromatic carbocycles. The maximum Gasteiger partial charge on any atom is 0.320 e. The number of rotatable bonds is 16. The van der Waals surface area contributed by atoms with E-state index in [0.717, 1.165) is 4.90 Å². The Kier molecular flexibility index (Phi) is 12.2. The lowest BCUT2D eigenvalue weighted by Gasteiger charge is -2.25. The number of aliphatic carboxylic acids is 4. The zero-order valence-corrected chi connectivity index (χ0v) is 16.7. The number of nitrogens with zero attached hydrogens (tertiary/aromatic N) is 1. The minimum Gasteiger partial charge on any atom is -0.481 e. The first-order chi connectivity index (χ1) is 13.5. The maximum atomic E-state index is 12.2. The first kappa shape index (κ1) is 26.3. The third-order valence-electron chi connectivity index (χ3n) is 4.53. The van der Waals surface area contributed by atoms with Crippen molar-refractivity contribution in [1.29, 1.82) is 0 Å². The Morgan fingerprint density at radius 3 is 1.86 bits per heavy atom. The van der Waals surface area contributed by atoms with Gasteiger partial charge in [0.1, 0.15) is 6.04 Å². The van der Waals surface area contributed by atoms with Gasteiger partial charge in [-0.1, -0.05) is 13.8 Å². The second kappa shape index (κ2) is 13.5. The summed E-state index contributed by atoms with van der Waals surface area (Å²) >= 11 is 0. The van der Waals surface area contributed by atoms with E-state index in [9.17, 15) is 29.1 Å². The average Bonchev–Trinajstić information content (AvgIpc) is 2.60. The van der Waals surface area contributed by atoms with Crippen molar-refractivity contribution in [1.82, 2.24) is 10.2 Å². The molecule has 0 rings (SSSR count). The Labute approximate surface area is 168 Å². The zero-order valence-electron chi connectivity index (χ0n) is 16.7. The number of nitrogens with one attached hydrogen (secondary N) is 1. The van der Waals surface area contributed by atoms with Crippen LogP contribution >= 0.6 is 0 Å². The first-order valence-corrected chi connectivity index (χ1v) is 9.40. The normalized spacial score (nSPS) is 14.0. The minimum absolute atomic E-state index is 0.0268. The summed E-state index contributed by atoms with van der Waals surface area (Å²) in [6, 6.07) is -1.27. The topological polar surface area (TPSA) is 182 Å². The quantitative estimate of drug-likeness (QED) is 0.219. The lowest BCUT2D eigenvalue weighted by Crippen LogP contribution is -2.46. The highest BCUT2D eigenvalue weighted by Crippen LogP contribution is 2.16. The summed E-state index contributed by atoms with van der Waals surface area (Å²) in [7, 11) is 0. The average molecular weight is 418 g/mol. The lowest BCUT2D eigenvalue weighted by molar-refractivity contribution is -0.150. The van der Waals surface area contributed by atoms with Gasteiger partial charge in [-0.3, -0.25) is 28.9 Å². The van der Waals surface area contributed by atoms with Crippen LogP contribution in [0.25, 0.3) is 0 Å². The van der Waals surface area contributed by atoms with Crippen LogP contribution in [0.1, 0.15) is 46.0 Å². The van der Waals surface area contributed by atoms with Gasteiger partial charge in [-0.05, 0) is 32.1 Å². The number of carboxylic acid groups (broad SMARTS) is 4. The second-order valence-corrected chi connectivity index (χ2v) is 6.91. The number of carboxylic acids is 4. The zero-order chi connectivity index (χ0) is 22.6. The maximum absolute atomic E-state index is 12.2. The van der Waals surface area contributed by atoms with Crippen molar-refractivity contribution in [3.05, 3.63) is 0 Å². The third kappa shape index (κ3) is 11.0. The summed E-state index contributed by atoms with van der Waals surface area (Å²) in [6.45, 7) is 2.15. The second-order valence-electron chi connectivity index (χ2n) is 6.91. The highest BCUT2D eigenvalue weighted by molar-refractivity contribution is 5.80. The molecule has 0 spiro atoms. The monoisotopic (exact) mass is 418 g/mol. The van der Waals surface area contributed by atoms with Crippen molar-refractivity contribution in [2.24, 2.45) is 11.8 Å². The van der Waals surface area contributed by atoms with E-state index in [-0.39, 0.29) is 25.3 Å². The predicted octanol–water partition coefficient (Wildman–Crippen LogP) is 0.334. The largest absolute Gasteiger partial charge is 0.481 e. The van der Waals surface area contributed by atoms with Gasteiger partial charge in [-0.2, -0.15) is 0 Å². The number of unbranched alkanes of at least 4 members (excludes halogenated alkanes) is 1. The molecule has 0 heterocycles. The lowest BCUT2D eigenvalue weighted by atomic mass is 9.93. The van der Waals surface area contributed by atoms with Crippen molar-refractivity contribution >= 4 is 29.8 Å². The van der Waals surface area contributed by atoms with Gasteiger partial charge in [0.15, 0.2) is 0 Å². The van der Waals surface area contributed by atoms with E-state index in [1.54, 1.807) is 6.92 Å². The molecular weight excluding hydrogens is 388 g/mol. The van der Waals surface area contributed by atoms with E-state index < -0.39 is 54.8 Å². The van der Waals surface area contributed by atoms with Crippen LogP contribution in [0.2, 0.25) is 0 Å². The number of hydrogen-bond acceptors (Lipinski definition) is 6. The van der Waals surface area contributed by atoms with E-state index in [1.807, 2.05) is 0 Å². The molecule has 0 radical (unpaired) electrons. The molecule has 0 aliphatic heterocycles.